The predicted octanol–water partition coefficient (Wildman–Crippen LogP) is 0.0981. The molecule has 2 aromatic rings. The third kappa shape index (κ3) is 1.08. The molecule has 2 N–H and O–H groups in total. The van der Waals surface area contributed by atoms with Crippen molar-refractivity contribution in [1.82, 2.24) is 14.6 Å². The topological polar surface area (TPSA) is 82.5 Å². The Hall–Kier alpha value is -2.11. The molecule has 0 aliphatic carbocycles. The average molecular weight is 192 g/mol. The Bertz CT molecular complexity index is 491. The van der Waals surface area contributed by atoms with E-state index in [1.807, 2.05) is 0 Å². The first kappa shape index (κ1) is 8.49. The molecule has 0 atom stereocenters. The number of carbonyl (C=O) groups is 1. The van der Waals surface area contributed by atoms with Gasteiger partial charge in [-0.25, -0.2) is 9.78 Å². The van der Waals surface area contributed by atoms with Crippen molar-refractivity contribution in [2.24, 2.45) is 0 Å². The van der Waals surface area contributed by atoms with Crippen LogP contribution in [0.1, 0.15) is 10.4 Å². The van der Waals surface area contributed by atoms with Crippen LogP contribution in [0.3, 0.4) is 0 Å². The van der Waals surface area contributed by atoms with Gasteiger partial charge in [-0.2, -0.15) is 9.61 Å². The van der Waals surface area contributed by atoms with E-state index in [0.717, 1.165) is 0 Å². The number of fused-ring (bicyclic) bond motifs is 1. The van der Waals surface area contributed by atoms with Gasteiger partial charge in [0.05, 0.1) is 13.3 Å². The van der Waals surface area contributed by atoms with Crippen molar-refractivity contribution < 1.29 is 9.53 Å². The van der Waals surface area contributed by atoms with E-state index >= 15 is 0 Å². The van der Waals surface area contributed by atoms with Crippen molar-refractivity contribution in [2.45, 2.75) is 0 Å². The van der Waals surface area contributed by atoms with E-state index in [0.29, 0.717) is 5.65 Å². The van der Waals surface area contributed by atoms with Gasteiger partial charge in [-0.05, 0) is 0 Å². The first-order valence-corrected chi connectivity index (χ1v) is 3.90. The number of anilines is 1. The van der Waals surface area contributed by atoms with Crippen molar-refractivity contribution >= 4 is 17.4 Å². The summed E-state index contributed by atoms with van der Waals surface area (Å²) >= 11 is 0. The van der Waals surface area contributed by atoms with E-state index in [-0.39, 0.29) is 11.4 Å². The van der Waals surface area contributed by atoms with Crippen molar-refractivity contribution in [2.75, 3.05) is 12.8 Å². The van der Waals surface area contributed by atoms with Crippen molar-refractivity contribution in [3.8, 4) is 0 Å². The Labute approximate surface area is 79.3 Å². The number of ether oxygens (including phenoxy) is 1. The summed E-state index contributed by atoms with van der Waals surface area (Å²) in [5.74, 6) is -0.292. The van der Waals surface area contributed by atoms with Crippen LogP contribution < -0.4 is 5.73 Å². The highest BCUT2D eigenvalue weighted by molar-refractivity contribution is 5.94. The lowest BCUT2D eigenvalue weighted by Crippen LogP contribution is -2.11. The summed E-state index contributed by atoms with van der Waals surface area (Å²) in [5, 5.41) is 3.92. The molecular formula is C8H8N4O2. The highest BCUT2D eigenvalue weighted by Gasteiger charge is 2.13. The van der Waals surface area contributed by atoms with Crippen LogP contribution >= 0.6 is 0 Å². The maximum absolute atomic E-state index is 11.2. The van der Waals surface area contributed by atoms with E-state index in [1.165, 1.54) is 17.8 Å². The molecule has 0 aliphatic heterocycles. The normalized spacial score (nSPS) is 10.4. The molecule has 0 fully saturated rings. The SMILES string of the molecule is COC(=O)c1cnc2ccnn2c1N. The Kier molecular flexibility index (Phi) is 1.81. The lowest BCUT2D eigenvalue weighted by atomic mass is 10.3. The Morgan fingerprint density at radius 1 is 1.64 bits per heavy atom. The van der Waals surface area contributed by atoms with Gasteiger partial charge in [0.2, 0.25) is 0 Å². The van der Waals surface area contributed by atoms with Crippen LogP contribution in [0, 0.1) is 0 Å². The molecule has 0 bridgehead atoms. The first-order valence-electron chi connectivity index (χ1n) is 3.90. The number of rotatable bonds is 1. The lowest BCUT2D eigenvalue weighted by Gasteiger charge is -2.03. The van der Waals surface area contributed by atoms with E-state index < -0.39 is 5.97 Å². The zero-order valence-electron chi connectivity index (χ0n) is 7.47. The summed E-state index contributed by atoms with van der Waals surface area (Å²) in [7, 11) is 1.29. The minimum atomic E-state index is -0.521. The summed E-state index contributed by atoms with van der Waals surface area (Å²) in [6.45, 7) is 0. The Morgan fingerprint density at radius 2 is 2.43 bits per heavy atom. The highest BCUT2D eigenvalue weighted by atomic mass is 16.5. The molecule has 0 aromatic carbocycles. The fourth-order valence-corrected chi connectivity index (χ4v) is 1.16. The van der Waals surface area contributed by atoms with Crippen LogP contribution in [0.15, 0.2) is 18.5 Å². The van der Waals surface area contributed by atoms with Gasteiger partial charge >= 0.3 is 5.97 Å². The molecule has 6 heteroatoms. The molecule has 2 rings (SSSR count). The maximum Gasteiger partial charge on any atom is 0.343 e. The number of hydrogen-bond acceptors (Lipinski definition) is 5. The number of aromatic nitrogens is 3. The first-order chi connectivity index (χ1) is 6.74. The molecule has 72 valence electrons. The quantitative estimate of drug-likeness (QED) is 0.648. The molecule has 2 heterocycles. The summed E-state index contributed by atoms with van der Waals surface area (Å²) in [6.07, 6.45) is 2.93. The summed E-state index contributed by atoms with van der Waals surface area (Å²) in [6, 6.07) is 1.69. The van der Waals surface area contributed by atoms with Crippen LogP contribution in [0.2, 0.25) is 0 Å². The second kappa shape index (κ2) is 2.99. The van der Waals surface area contributed by atoms with Crippen LogP contribution in [0.25, 0.3) is 5.65 Å². The van der Waals surface area contributed by atoms with Crippen LogP contribution in [0.5, 0.6) is 0 Å². The largest absolute Gasteiger partial charge is 0.465 e. The smallest absolute Gasteiger partial charge is 0.343 e. The van der Waals surface area contributed by atoms with Gasteiger partial charge < -0.3 is 10.5 Å². The van der Waals surface area contributed by atoms with Gasteiger partial charge in [0, 0.05) is 12.3 Å². The van der Waals surface area contributed by atoms with Crippen LogP contribution in [0.4, 0.5) is 5.82 Å². The lowest BCUT2D eigenvalue weighted by molar-refractivity contribution is 0.0601. The fraction of sp³-hybridized carbons (Fsp3) is 0.125. The maximum atomic E-state index is 11.2. The fourth-order valence-electron chi connectivity index (χ4n) is 1.16. The molecule has 0 saturated carbocycles. The van der Waals surface area contributed by atoms with Gasteiger partial charge in [0.1, 0.15) is 11.4 Å². The van der Waals surface area contributed by atoms with Gasteiger partial charge in [-0.15, -0.1) is 0 Å². The van der Waals surface area contributed by atoms with Crippen molar-refractivity contribution in [3.63, 3.8) is 0 Å². The number of nitrogens with two attached hydrogens (primary N) is 1. The van der Waals surface area contributed by atoms with Crippen LogP contribution in [-0.2, 0) is 4.74 Å². The number of carbonyl (C=O) groups excluding carboxylic acids is 1. The van der Waals surface area contributed by atoms with E-state index in [1.54, 1.807) is 12.3 Å². The Balaban J connectivity index is 2.67. The molecule has 0 saturated heterocycles. The second-order valence-corrected chi connectivity index (χ2v) is 2.65. The summed E-state index contributed by atoms with van der Waals surface area (Å²) in [4.78, 5) is 15.2. The molecule has 0 radical (unpaired) electrons. The molecular weight excluding hydrogens is 184 g/mol. The van der Waals surface area contributed by atoms with Gasteiger partial charge in [-0.3, -0.25) is 0 Å². The zero-order valence-corrected chi connectivity index (χ0v) is 7.47. The highest BCUT2D eigenvalue weighted by Crippen LogP contribution is 2.12. The average Bonchev–Trinajstić information content (AvgIpc) is 2.66. The molecule has 2 aromatic heterocycles. The number of methoxy groups -OCH3 is 1. The van der Waals surface area contributed by atoms with E-state index in [9.17, 15) is 4.79 Å². The molecule has 0 aliphatic rings. The minimum Gasteiger partial charge on any atom is -0.465 e. The standard InChI is InChI=1S/C8H8N4O2/c1-14-8(13)5-4-10-6-2-3-11-12(6)7(5)9/h2-4H,9H2,1H3. The number of esters is 1. The van der Waals surface area contributed by atoms with E-state index in [2.05, 4.69) is 14.8 Å². The molecule has 14 heavy (non-hydrogen) atoms. The van der Waals surface area contributed by atoms with E-state index in [4.69, 9.17) is 5.73 Å². The van der Waals surface area contributed by atoms with Gasteiger partial charge in [-0.1, -0.05) is 0 Å². The molecule has 6 nitrogen and oxygen atoms in total. The summed E-state index contributed by atoms with van der Waals surface area (Å²) < 4.78 is 5.92. The molecule has 0 spiro atoms. The minimum absolute atomic E-state index is 0.212. The number of hydrogen-bond donors (Lipinski definition) is 1. The Morgan fingerprint density at radius 3 is 3.14 bits per heavy atom. The van der Waals surface area contributed by atoms with Gasteiger partial charge in [0.25, 0.3) is 0 Å². The third-order valence-corrected chi connectivity index (χ3v) is 1.86. The molecule has 0 unspecified atom stereocenters. The van der Waals surface area contributed by atoms with Gasteiger partial charge in [0.15, 0.2) is 5.65 Å². The zero-order chi connectivity index (χ0) is 10.1. The second-order valence-electron chi connectivity index (χ2n) is 2.65. The third-order valence-electron chi connectivity index (χ3n) is 1.86. The summed E-state index contributed by atoms with van der Waals surface area (Å²) in [5.41, 5.74) is 6.50. The van der Waals surface area contributed by atoms with Crippen molar-refractivity contribution in [1.29, 1.82) is 0 Å². The predicted molar refractivity (Wildman–Crippen MR) is 48.7 cm³/mol. The van der Waals surface area contributed by atoms with Crippen LogP contribution in [-0.4, -0.2) is 27.7 Å². The molecule has 0 amide bonds. The number of nitrogen functional groups attached to an aromatic ring is 1. The monoisotopic (exact) mass is 192 g/mol. The number of nitrogens with zero attached hydrogens (tertiary/aromatic N) is 3. The van der Waals surface area contributed by atoms with Crippen molar-refractivity contribution in [3.05, 3.63) is 24.0 Å².